The minimum absolute atomic E-state index is 0.0914. The van der Waals surface area contributed by atoms with Gasteiger partial charge in [0.05, 0.1) is 6.54 Å². The number of anilines is 1. The van der Waals surface area contributed by atoms with Gasteiger partial charge in [0.2, 0.25) is 5.91 Å². The predicted octanol–water partition coefficient (Wildman–Crippen LogP) is -0.998. The van der Waals surface area contributed by atoms with Crippen LogP contribution in [0.25, 0.3) is 4.96 Å². The summed E-state index contributed by atoms with van der Waals surface area (Å²) in [6.07, 6.45) is 1.55. The number of nitrogens with two attached hydrogens (primary N) is 1. The van der Waals surface area contributed by atoms with E-state index in [0.29, 0.717) is 4.96 Å². The van der Waals surface area contributed by atoms with Crippen molar-refractivity contribution in [2.75, 3.05) is 19.3 Å². The standard InChI is InChI=1S/C8H11N5O3S2/c1-10-5(14)4-11-18(15,16)7-6(9)12-8-13(7)2-3-17-8/h2-3,11H,4,9H2,1H3,(H,10,14). The van der Waals surface area contributed by atoms with Gasteiger partial charge in [0, 0.05) is 18.6 Å². The molecule has 0 aliphatic carbocycles. The van der Waals surface area contributed by atoms with E-state index in [9.17, 15) is 13.2 Å². The van der Waals surface area contributed by atoms with Crippen LogP contribution in [0.3, 0.4) is 0 Å². The number of hydrogen-bond donors (Lipinski definition) is 3. The van der Waals surface area contributed by atoms with Crippen LogP contribution in [0.5, 0.6) is 0 Å². The Balaban J connectivity index is 2.37. The quantitative estimate of drug-likeness (QED) is 0.667. The molecule has 0 atom stereocenters. The number of amides is 1. The summed E-state index contributed by atoms with van der Waals surface area (Å²) in [5, 5.41) is 3.86. The van der Waals surface area contributed by atoms with Crippen LogP contribution in [-0.4, -0.2) is 37.3 Å². The zero-order valence-corrected chi connectivity index (χ0v) is 11.0. The predicted molar refractivity (Wildman–Crippen MR) is 66.7 cm³/mol. The topological polar surface area (TPSA) is 119 Å². The number of nitrogens with zero attached hydrogens (tertiary/aromatic N) is 2. The highest BCUT2D eigenvalue weighted by molar-refractivity contribution is 7.89. The fourth-order valence-electron chi connectivity index (χ4n) is 1.37. The molecule has 0 aliphatic rings. The third-order valence-corrected chi connectivity index (χ3v) is 4.40. The lowest BCUT2D eigenvalue weighted by atomic mass is 10.6. The first-order valence-corrected chi connectivity index (χ1v) is 7.23. The van der Waals surface area contributed by atoms with Gasteiger partial charge >= 0.3 is 0 Å². The molecule has 8 nitrogen and oxygen atoms in total. The molecule has 10 heteroatoms. The normalized spacial score (nSPS) is 11.8. The van der Waals surface area contributed by atoms with E-state index >= 15 is 0 Å². The van der Waals surface area contributed by atoms with Gasteiger partial charge in [-0.25, -0.2) is 18.1 Å². The van der Waals surface area contributed by atoms with Gasteiger partial charge in [-0.05, 0) is 0 Å². The fourth-order valence-corrected chi connectivity index (χ4v) is 3.33. The summed E-state index contributed by atoms with van der Waals surface area (Å²) in [6, 6.07) is 0. The highest BCUT2D eigenvalue weighted by atomic mass is 32.2. The first kappa shape index (κ1) is 12.8. The molecule has 2 aromatic rings. The molecule has 0 aliphatic heterocycles. The summed E-state index contributed by atoms with van der Waals surface area (Å²) in [7, 11) is -2.46. The van der Waals surface area contributed by atoms with Gasteiger partial charge < -0.3 is 11.1 Å². The lowest BCUT2D eigenvalue weighted by Gasteiger charge is -2.05. The van der Waals surface area contributed by atoms with Crippen molar-refractivity contribution in [1.29, 1.82) is 0 Å². The second kappa shape index (κ2) is 4.55. The maximum Gasteiger partial charge on any atom is 0.260 e. The highest BCUT2D eigenvalue weighted by Crippen LogP contribution is 2.22. The molecule has 0 saturated carbocycles. The molecule has 4 N–H and O–H groups in total. The van der Waals surface area contributed by atoms with E-state index in [0.717, 1.165) is 0 Å². The van der Waals surface area contributed by atoms with Gasteiger partial charge in [-0.1, -0.05) is 0 Å². The molecular weight excluding hydrogens is 278 g/mol. The van der Waals surface area contributed by atoms with Crippen molar-refractivity contribution in [2.45, 2.75) is 5.03 Å². The Morgan fingerprint density at radius 1 is 1.61 bits per heavy atom. The number of carbonyl (C=O) groups is 1. The van der Waals surface area contributed by atoms with Crippen molar-refractivity contribution in [3.05, 3.63) is 11.6 Å². The highest BCUT2D eigenvalue weighted by Gasteiger charge is 2.24. The van der Waals surface area contributed by atoms with E-state index in [4.69, 9.17) is 5.73 Å². The van der Waals surface area contributed by atoms with Gasteiger partial charge in [-0.15, -0.1) is 11.3 Å². The number of imidazole rings is 1. The van der Waals surface area contributed by atoms with Crippen LogP contribution in [-0.2, 0) is 14.8 Å². The molecule has 0 saturated heterocycles. The van der Waals surface area contributed by atoms with Crippen LogP contribution in [0.4, 0.5) is 5.82 Å². The van der Waals surface area contributed by atoms with Crippen molar-refractivity contribution in [3.63, 3.8) is 0 Å². The summed E-state index contributed by atoms with van der Waals surface area (Å²) in [5.74, 6) is -0.533. The van der Waals surface area contributed by atoms with Gasteiger partial charge in [0.15, 0.2) is 15.8 Å². The molecular formula is C8H11N5O3S2. The average molecular weight is 289 g/mol. The van der Waals surface area contributed by atoms with E-state index < -0.39 is 15.9 Å². The largest absolute Gasteiger partial charge is 0.381 e. The van der Waals surface area contributed by atoms with Gasteiger partial charge in [0.25, 0.3) is 10.0 Å². The molecule has 0 bridgehead atoms. The average Bonchev–Trinajstić information content (AvgIpc) is 2.84. The number of likely N-dealkylation sites (N-methyl/N-ethyl adjacent to an activating group) is 1. The van der Waals surface area contributed by atoms with Crippen molar-refractivity contribution in [2.24, 2.45) is 0 Å². The maximum absolute atomic E-state index is 12.0. The third-order valence-electron chi connectivity index (χ3n) is 2.20. The Morgan fingerprint density at radius 3 is 3.00 bits per heavy atom. The minimum atomic E-state index is -3.88. The Morgan fingerprint density at radius 2 is 2.33 bits per heavy atom. The Kier molecular flexibility index (Phi) is 3.24. The van der Waals surface area contributed by atoms with Crippen LogP contribution in [0.1, 0.15) is 0 Å². The fraction of sp³-hybridized carbons (Fsp3) is 0.250. The number of aromatic nitrogens is 2. The van der Waals surface area contributed by atoms with Gasteiger partial charge in [0.1, 0.15) is 0 Å². The van der Waals surface area contributed by atoms with E-state index in [-0.39, 0.29) is 17.4 Å². The van der Waals surface area contributed by atoms with E-state index in [1.54, 1.807) is 11.6 Å². The van der Waals surface area contributed by atoms with Crippen LogP contribution in [0.2, 0.25) is 0 Å². The molecule has 0 spiro atoms. The molecule has 0 radical (unpaired) electrons. The summed E-state index contributed by atoms with van der Waals surface area (Å²) >= 11 is 1.27. The molecule has 2 rings (SSSR count). The number of hydrogen-bond acceptors (Lipinski definition) is 6. The SMILES string of the molecule is CNC(=O)CNS(=O)(=O)c1c(N)nc2sccn12. The number of nitrogen functional groups attached to an aromatic ring is 1. The molecule has 0 aromatic carbocycles. The number of rotatable bonds is 4. The number of fused-ring (bicyclic) bond motifs is 1. The first-order valence-electron chi connectivity index (χ1n) is 4.87. The monoisotopic (exact) mass is 289 g/mol. The molecule has 18 heavy (non-hydrogen) atoms. The molecule has 1 amide bonds. The lowest BCUT2D eigenvalue weighted by molar-refractivity contribution is -0.119. The van der Waals surface area contributed by atoms with E-state index in [2.05, 4.69) is 15.0 Å². The number of sulfonamides is 1. The Hall–Kier alpha value is -1.65. The molecule has 98 valence electrons. The summed E-state index contributed by atoms with van der Waals surface area (Å²) in [4.78, 5) is 15.4. The zero-order valence-electron chi connectivity index (χ0n) is 9.37. The van der Waals surface area contributed by atoms with Crippen molar-refractivity contribution in [1.82, 2.24) is 19.4 Å². The molecule has 2 heterocycles. The number of carbonyl (C=O) groups excluding carboxylic acids is 1. The van der Waals surface area contributed by atoms with Gasteiger partial charge in [-0.2, -0.15) is 0 Å². The third kappa shape index (κ3) is 2.17. The second-order valence-corrected chi connectivity index (χ2v) is 5.91. The lowest BCUT2D eigenvalue weighted by Crippen LogP contribution is -2.35. The van der Waals surface area contributed by atoms with Crippen molar-refractivity contribution < 1.29 is 13.2 Å². The first-order chi connectivity index (χ1) is 8.45. The van der Waals surface area contributed by atoms with Crippen LogP contribution < -0.4 is 15.8 Å². The van der Waals surface area contributed by atoms with E-state index in [1.807, 2.05) is 0 Å². The number of thiazole rings is 1. The smallest absolute Gasteiger partial charge is 0.260 e. The van der Waals surface area contributed by atoms with Gasteiger partial charge in [-0.3, -0.25) is 9.20 Å². The second-order valence-electron chi connectivity index (χ2n) is 3.36. The van der Waals surface area contributed by atoms with Crippen LogP contribution in [0.15, 0.2) is 16.6 Å². The number of nitrogens with one attached hydrogen (secondary N) is 2. The van der Waals surface area contributed by atoms with Crippen LogP contribution >= 0.6 is 11.3 Å². The van der Waals surface area contributed by atoms with Crippen molar-refractivity contribution in [3.8, 4) is 0 Å². The Labute approximate surface area is 107 Å². The van der Waals surface area contributed by atoms with Crippen molar-refractivity contribution >= 4 is 38.0 Å². The summed E-state index contributed by atoms with van der Waals surface area (Å²) in [6.45, 7) is -0.352. The maximum atomic E-state index is 12.0. The summed E-state index contributed by atoms with van der Waals surface area (Å²) in [5.41, 5.74) is 5.58. The molecule has 0 unspecified atom stereocenters. The summed E-state index contributed by atoms with van der Waals surface area (Å²) < 4.78 is 27.6. The molecule has 0 fully saturated rings. The minimum Gasteiger partial charge on any atom is -0.381 e. The zero-order chi connectivity index (χ0) is 13.3. The van der Waals surface area contributed by atoms with Crippen LogP contribution in [0, 0.1) is 0 Å². The Bertz CT molecular complexity index is 687. The molecule has 2 aromatic heterocycles. The van der Waals surface area contributed by atoms with E-state index in [1.165, 1.54) is 22.8 Å².